The van der Waals surface area contributed by atoms with Crippen LogP contribution in [0, 0.1) is 34.5 Å². The van der Waals surface area contributed by atoms with Gasteiger partial charge >= 0.3 is 0 Å². The summed E-state index contributed by atoms with van der Waals surface area (Å²) in [6.45, 7) is 4.75. The fraction of sp³-hybridized carbons (Fsp3) is 0.857. The lowest BCUT2D eigenvalue weighted by Crippen LogP contribution is -2.53. The van der Waals surface area contributed by atoms with Crippen LogP contribution in [0.25, 0.3) is 0 Å². The zero-order chi connectivity index (χ0) is 16.7. The molecule has 1 amide bonds. The van der Waals surface area contributed by atoms with Crippen LogP contribution in [0.5, 0.6) is 0 Å². The topological polar surface area (TPSA) is 55.1 Å². The van der Waals surface area contributed by atoms with Gasteiger partial charge in [0.15, 0.2) is 0 Å². The summed E-state index contributed by atoms with van der Waals surface area (Å²) in [5, 5.41) is 3.30. The molecule has 5 aliphatic rings. The summed E-state index contributed by atoms with van der Waals surface area (Å²) in [6.07, 6.45) is 12.2. The van der Waals surface area contributed by atoms with Crippen LogP contribution >= 0.6 is 0 Å². The second-order valence-electron chi connectivity index (χ2n) is 9.79. The van der Waals surface area contributed by atoms with Gasteiger partial charge in [0.25, 0.3) is 0 Å². The molecule has 3 N–H and O–H groups in total. The van der Waals surface area contributed by atoms with Gasteiger partial charge in [-0.25, -0.2) is 0 Å². The average Bonchev–Trinajstić information content (AvgIpc) is 3.05. The second-order valence-corrected chi connectivity index (χ2v) is 9.79. The van der Waals surface area contributed by atoms with Gasteiger partial charge in [-0.1, -0.05) is 18.6 Å². The lowest BCUT2D eigenvalue weighted by Gasteiger charge is -2.57. The average molecular weight is 329 g/mol. The summed E-state index contributed by atoms with van der Waals surface area (Å²) < 4.78 is 0. The van der Waals surface area contributed by atoms with E-state index >= 15 is 0 Å². The van der Waals surface area contributed by atoms with Crippen molar-refractivity contribution in [3.05, 3.63) is 11.6 Å². The Morgan fingerprint density at radius 1 is 1.12 bits per heavy atom. The van der Waals surface area contributed by atoms with E-state index in [2.05, 4.69) is 25.2 Å². The zero-order valence-corrected chi connectivity index (χ0v) is 15.2. The predicted octanol–water partition coefficient (Wildman–Crippen LogP) is 3.39. The number of hydrogen-bond donors (Lipinski definition) is 2. The zero-order valence-electron chi connectivity index (χ0n) is 15.2. The third-order valence-electron chi connectivity index (χ3n) is 9.10. The third-order valence-corrected chi connectivity index (χ3v) is 9.10. The van der Waals surface area contributed by atoms with Gasteiger partial charge in [-0.2, -0.15) is 0 Å². The van der Waals surface area contributed by atoms with Crippen molar-refractivity contribution in [2.75, 3.05) is 0 Å². The quantitative estimate of drug-likeness (QED) is 0.670. The molecule has 132 valence electrons. The van der Waals surface area contributed by atoms with E-state index in [9.17, 15) is 4.79 Å². The fourth-order valence-corrected chi connectivity index (χ4v) is 7.99. The van der Waals surface area contributed by atoms with E-state index in [1.165, 1.54) is 38.5 Å². The molecule has 0 aromatic rings. The molecule has 1 aliphatic heterocycles. The van der Waals surface area contributed by atoms with Crippen LogP contribution in [0.3, 0.4) is 0 Å². The fourth-order valence-electron chi connectivity index (χ4n) is 7.99. The first-order valence-corrected chi connectivity index (χ1v) is 10.2. The van der Waals surface area contributed by atoms with E-state index in [0.717, 1.165) is 24.7 Å². The van der Waals surface area contributed by atoms with Crippen LogP contribution in [0.4, 0.5) is 0 Å². The lowest BCUT2D eigenvalue weighted by molar-refractivity contribution is -0.138. The Bertz CT molecular complexity index is 613. The number of amides is 1. The highest BCUT2D eigenvalue weighted by molar-refractivity contribution is 5.87. The summed E-state index contributed by atoms with van der Waals surface area (Å²) in [5.74, 6) is 3.11. The molecule has 0 aromatic heterocycles. The van der Waals surface area contributed by atoms with E-state index in [-0.39, 0.29) is 5.41 Å². The smallest absolute Gasteiger partial charge is 0.227 e. The highest BCUT2D eigenvalue weighted by Gasteiger charge is 2.66. The minimum absolute atomic E-state index is 0.0205. The number of hydrogen-bond acceptors (Lipinski definition) is 2. The highest BCUT2D eigenvalue weighted by Crippen LogP contribution is 2.67. The molecule has 3 saturated carbocycles. The number of fused-ring (bicyclic) bond motifs is 4. The van der Waals surface area contributed by atoms with Gasteiger partial charge in [0.2, 0.25) is 5.91 Å². The second kappa shape index (κ2) is 4.87. The van der Waals surface area contributed by atoms with Crippen molar-refractivity contribution in [3.8, 4) is 0 Å². The normalized spacial score (nSPS) is 55.8. The number of carbonyl (C=O) groups excluding carboxylic acids is 1. The van der Waals surface area contributed by atoms with Crippen LogP contribution in [-0.2, 0) is 4.79 Å². The SMILES string of the molecule is CC1NC(=O)[C@]23CC[C@H]4[C@@H](CC=C5C[C@@H](N)CC[C@@]54C)[C@@H]2CC[C@H]13. The molecule has 5 rings (SSSR count). The molecule has 0 aromatic carbocycles. The molecule has 4 fully saturated rings. The Morgan fingerprint density at radius 3 is 2.75 bits per heavy atom. The molecule has 24 heavy (non-hydrogen) atoms. The molecule has 8 atom stereocenters. The molecule has 4 aliphatic carbocycles. The number of nitrogens with two attached hydrogens (primary N) is 1. The van der Waals surface area contributed by atoms with Crippen molar-refractivity contribution in [1.82, 2.24) is 5.32 Å². The van der Waals surface area contributed by atoms with Crippen LogP contribution in [0.15, 0.2) is 11.6 Å². The maximum atomic E-state index is 13.0. The van der Waals surface area contributed by atoms with Crippen molar-refractivity contribution >= 4 is 5.91 Å². The lowest BCUT2D eigenvalue weighted by atomic mass is 9.47. The molecular weight excluding hydrogens is 296 g/mol. The van der Waals surface area contributed by atoms with Crippen LogP contribution < -0.4 is 11.1 Å². The van der Waals surface area contributed by atoms with Crippen molar-refractivity contribution in [3.63, 3.8) is 0 Å². The highest BCUT2D eigenvalue weighted by atomic mass is 16.2. The molecule has 1 saturated heterocycles. The van der Waals surface area contributed by atoms with Crippen LogP contribution in [-0.4, -0.2) is 18.0 Å². The minimum Gasteiger partial charge on any atom is -0.353 e. The van der Waals surface area contributed by atoms with Crippen molar-refractivity contribution in [2.24, 2.45) is 40.2 Å². The number of rotatable bonds is 0. The molecular formula is C21H32N2O. The number of allylic oxidation sites excluding steroid dienone is 1. The Hall–Kier alpha value is -0.830. The molecule has 0 bridgehead atoms. The monoisotopic (exact) mass is 328 g/mol. The van der Waals surface area contributed by atoms with Gasteiger partial charge in [-0.05, 0) is 87.4 Å². The summed E-state index contributed by atoms with van der Waals surface area (Å²) in [4.78, 5) is 13.0. The van der Waals surface area contributed by atoms with Gasteiger partial charge in [0.05, 0.1) is 5.41 Å². The van der Waals surface area contributed by atoms with E-state index < -0.39 is 0 Å². The summed E-state index contributed by atoms with van der Waals surface area (Å²) in [6, 6.07) is 0.755. The Morgan fingerprint density at radius 2 is 1.92 bits per heavy atom. The van der Waals surface area contributed by atoms with E-state index in [1.807, 2.05) is 0 Å². The van der Waals surface area contributed by atoms with Crippen molar-refractivity contribution in [2.45, 2.75) is 77.3 Å². The Balaban J connectivity index is 1.52. The van der Waals surface area contributed by atoms with E-state index in [1.54, 1.807) is 5.57 Å². The maximum Gasteiger partial charge on any atom is 0.227 e. The predicted molar refractivity (Wildman–Crippen MR) is 95.1 cm³/mol. The van der Waals surface area contributed by atoms with Crippen LogP contribution in [0.1, 0.15) is 65.2 Å². The number of carbonyl (C=O) groups is 1. The number of nitrogens with one attached hydrogen (secondary N) is 1. The minimum atomic E-state index is -0.0205. The third kappa shape index (κ3) is 1.70. The van der Waals surface area contributed by atoms with Crippen LogP contribution in [0.2, 0.25) is 0 Å². The standard InChI is InChI=1S/C21H32N2O/c1-12-16-5-6-18-15-4-3-13-11-14(22)7-9-20(13,2)17(15)8-10-21(16,18)19(24)23-12/h3,12,14-18H,4-11,22H2,1-2H3,(H,23,24)/t12?,14-,15+,16+,17-,18-,20-,21-/m0/s1. The van der Waals surface area contributed by atoms with Gasteiger partial charge in [0, 0.05) is 12.1 Å². The Labute approximate surface area is 145 Å². The summed E-state index contributed by atoms with van der Waals surface area (Å²) in [5.41, 5.74) is 8.25. The molecule has 1 spiro atoms. The largest absolute Gasteiger partial charge is 0.353 e. The van der Waals surface area contributed by atoms with E-state index in [0.29, 0.717) is 35.2 Å². The van der Waals surface area contributed by atoms with Crippen molar-refractivity contribution < 1.29 is 4.79 Å². The first-order valence-electron chi connectivity index (χ1n) is 10.2. The molecule has 1 heterocycles. The molecule has 3 nitrogen and oxygen atoms in total. The Kier molecular flexibility index (Phi) is 3.13. The summed E-state index contributed by atoms with van der Waals surface area (Å²) in [7, 11) is 0. The van der Waals surface area contributed by atoms with Gasteiger partial charge in [-0.15, -0.1) is 0 Å². The van der Waals surface area contributed by atoms with Gasteiger partial charge in [0.1, 0.15) is 0 Å². The molecule has 1 unspecified atom stereocenters. The summed E-state index contributed by atoms with van der Waals surface area (Å²) >= 11 is 0. The first kappa shape index (κ1) is 15.4. The van der Waals surface area contributed by atoms with Crippen molar-refractivity contribution in [1.29, 1.82) is 0 Å². The van der Waals surface area contributed by atoms with Gasteiger partial charge in [-0.3, -0.25) is 4.79 Å². The molecule has 3 heteroatoms. The first-order chi connectivity index (χ1) is 11.5. The van der Waals surface area contributed by atoms with Gasteiger partial charge < -0.3 is 11.1 Å². The molecule has 0 radical (unpaired) electrons. The maximum absolute atomic E-state index is 13.0. The van der Waals surface area contributed by atoms with E-state index in [4.69, 9.17) is 5.73 Å².